The predicted octanol–water partition coefficient (Wildman–Crippen LogP) is 1.43. The molecular weight excluding hydrogens is 511 g/mol. The van der Waals surface area contributed by atoms with Gasteiger partial charge in [0.1, 0.15) is 0 Å². The molecule has 2 unspecified atom stereocenters. The van der Waals surface area contributed by atoms with Gasteiger partial charge in [-0.15, -0.1) is 23.2 Å². The highest BCUT2D eigenvalue weighted by atomic mass is 35.5. The highest BCUT2D eigenvalue weighted by Gasteiger charge is 2.42. The van der Waals surface area contributed by atoms with E-state index in [2.05, 4.69) is 21.3 Å². The predicted molar refractivity (Wildman–Crippen MR) is 140 cm³/mol. The minimum atomic E-state index is -4.27. The van der Waals surface area contributed by atoms with Crippen LogP contribution in [0, 0.1) is 0 Å². The molecule has 2 amide bonds. The Hall–Kier alpha value is -2.17. The first-order valence-electron chi connectivity index (χ1n) is 11.3. The number of rotatable bonds is 16. The van der Waals surface area contributed by atoms with Gasteiger partial charge < -0.3 is 21.3 Å². The molecule has 2 atom stereocenters. The zero-order valence-corrected chi connectivity index (χ0v) is 21.7. The van der Waals surface area contributed by atoms with E-state index in [0.29, 0.717) is 13.1 Å². The number of benzene rings is 2. The van der Waals surface area contributed by atoms with Crippen LogP contribution < -0.4 is 21.3 Å². The van der Waals surface area contributed by atoms with Crippen molar-refractivity contribution in [3.8, 4) is 0 Å². The van der Waals surface area contributed by atoms with Gasteiger partial charge in [0, 0.05) is 51.0 Å². The van der Waals surface area contributed by atoms with E-state index in [1.807, 2.05) is 60.7 Å². The fraction of sp³-hybridized carbons (Fsp3) is 0.417. The Balaban J connectivity index is 2.20. The molecule has 0 aliphatic carbocycles. The second kappa shape index (κ2) is 15.7. The lowest BCUT2D eigenvalue weighted by molar-refractivity contribution is -0.120. The van der Waals surface area contributed by atoms with Crippen LogP contribution in [0.3, 0.4) is 0 Å². The van der Waals surface area contributed by atoms with Gasteiger partial charge in [-0.1, -0.05) is 60.7 Å². The Kier molecular flexibility index (Phi) is 13.1. The fourth-order valence-corrected chi connectivity index (χ4v) is 5.42. The van der Waals surface area contributed by atoms with Gasteiger partial charge in [-0.25, -0.2) is 8.42 Å². The molecule has 0 aliphatic heterocycles. The average Bonchev–Trinajstić information content (AvgIpc) is 2.87. The molecule has 0 fully saturated rings. The van der Waals surface area contributed by atoms with Crippen LogP contribution in [-0.2, 0) is 32.5 Å². The number of amides is 2. The number of alkyl halides is 2. The SMILES string of the molecule is O=C(NCCCl)C(CNCc1ccccc1)S(=O)(=O)C(CNCc1ccccc1)C(=O)NCCCl. The molecule has 2 aromatic rings. The van der Waals surface area contributed by atoms with Crippen LogP contribution in [0.5, 0.6) is 0 Å². The highest BCUT2D eigenvalue weighted by molar-refractivity contribution is 7.94. The van der Waals surface area contributed by atoms with E-state index in [0.717, 1.165) is 11.1 Å². The number of hydrogen-bond donors (Lipinski definition) is 4. The van der Waals surface area contributed by atoms with Crippen molar-refractivity contribution in [2.24, 2.45) is 0 Å². The van der Waals surface area contributed by atoms with Crippen molar-refractivity contribution < 1.29 is 18.0 Å². The summed E-state index contributed by atoms with van der Waals surface area (Å²) in [6.45, 7) is 0.629. The van der Waals surface area contributed by atoms with E-state index < -0.39 is 32.2 Å². The number of sulfone groups is 1. The van der Waals surface area contributed by atoms with Gasteiger partial charge in [-0.2, -0.15) is 0 Å². The van der Waals surface area contributed by atoms with E-state index in [-0.39, 0.29) is 37.9 Å². The Morgan fingerprint density at radius 1 is 0.686 bits per heavy atom. The number of carbonyl (C=O) groups is 2. The van der Waals surface area contributed by atoms with Crippen molar-refractivity contribution in [1.29, 1.82) is 0 Å². The van der Waals surface area contributed by atoms with E-state index in [1.165, 1.54) is 0 Å². The summed E-state index contributed by atoms with van der Waals surface area (Å²) in [6, 6.07) is 18.8. The summed E-state index contributed by atoms with van der Waals surface area (Å²) in [6.07, 6.45) is 0. The van der Waals surface area contributed by atoms with Crippen molar-refractivity contribution in [3.05, 3.63) is 71.8 Å². The molecule has 2 rings (SSSR count). The first-order chi connectivity index (χ1) is 16.9. The molecule has 192 valence electrons. The molecule has 8 nitrogen and oxygen atoms in total. The summed E-state index contributed by atoms with van der Waals surface area (Å²) in [5.41, 5.74) is 1.87. The van der Waals surface area contributed by atoms with Crippen LogP contribution in [0.25, 0.3) is 0 Å². The molecule has 0 saturated carbocycles. The lowest BCUT2D eigenvalue weighted by Crippen LogP contribution is -2.55. The molecule has 0 spiro atoms. The number of nitrogens with one attached hydrogen (secondary N) is 4. The largest absolute Gasteiger partial charge is 0.354 e. The summed E-state index contributed by atoms with van der Waals surface area (Å²) in [7, 11) is -4.27. The lowest BCUT2D eigenvalue weighted by atomic mass is 10.2. The van der Waals surface area contributed by atoms with Crippen molar-refractivity contribution in [2.75, 3.05) is 37.9 Å². The molecule has 35 heavy (non-hydrogen) atoms. The van der Waals surface area contributed by atoms with Crippen LogP contribution in [0.15, 0.2) is 60.7 Å². The number of carbonyl (C=O) groups excluding carboxylic acids is 2. The fourth-order valence-electron chi connectivity index (χ4n) is 3.37. The molecule has 0 radical (unpaired) electrons. The summed E-state index contributed by atoms with van der Waals surface area (Å²) in [5, 5.41) is 8.19. The maximum atomic E-state index is 13.7. The molecule has 4 N–H and O–H groups in total. The van der Waals surface area contributed by atoms with Gasteiger partial charge in [-0.05, 0) is 11.1 Å². The van der Waals surface area contributed by atoms with Crippen molar-refractivity contribution >= 4 is 44.9 Å². The van der Waals surface area contributed by atoms with Crippen molar-refractivity contribution in [3.63, 3.8) is 0 Å². The molecule has 0 aliphatic rings. The van der Waals surface area contributed by atoms with Gasteiger partial charge >= 0.3 is 0 Å². The normalized spacial score (nSPS) is 13.1. The quantitative estimate of drug-likeness (QED) is 0.238. The first kappa shape index (κ1) is 29.1. The summed E-state index contributed by atoms with van der Waals surface area (Å²) in [4.78, 5) is 25.7. The second-order valence-corrected chi connectivity index (χ2v) is 10.8. The van der Waals surface area contributed by atoms with Crippen LogP contribution in [0.4, 0.5) is 0 Å². The van der Waals surface area contributed by atoms with Gasteiger partial charge in [0.05, 0.1) is 0 Å². The first-order valence-corrected chi connectivity index (χ1v) is 14.0. The van der Waals surface area contributed by atoms with Crippen molar-refractivity contribution in [1.82, 2.24) is 21.3 Å². The maximum absolute atomic E-state index is 13.7. The lowest BCUT2D eigenvalue weighted by Gasteiger charge is -2.24. The molecule has 0 aromatic heterocycles. The second-order valence-electron chi connectivity index (χ2n) is 7.76. The van der Waals surface area contributed by atoms with Gasteiger partial charge in [0.15, 0.2) is 20.3 Å². The van der Waals surface area contributed by atoms with Gasteiger partial charge in [0.25, 0.3) is 0 Å². The Morgan fingerprint density at radius 2 is 1.06 bits per heavy atom. The van der Waals surface area contributed by atoms with Gasteiger partial charge in [0.2, 0.25) is 11.8 Å². The summed E-state index contributed by atoms with van der Waals surface area (Å²) >= 11 is 11.4. The standard InChI is InChI=1S/C24H32Cl2N4O4S/c25-11-13-29-23(31)21(17-27-15-19-7-3-1-4-8-19)35(33,34)22(24(32)30-14-12-26)18-28-16-20-9-5-2-6-10-20/h1-10,21-22,27-28H,11-18H2,(H,29,31)(H,30,32). The summed E-state index contributed by atoms with van der Waals surface area (Å²) in [5.74, 6) is -1.14. The molecule has 0 bridgehead atoms. The van der Waals surface area contributed by atoms with Crippen LogP contribution in [0.1, 0.15) is 11.1 Å². The Bertz CT molecular complexity index is 935. The zero-order chi connectivity index (χ0) is 25.5. The minimum Gasteiger partial charge on any atom is -0.354 e. The van der Waals surface area contributed by atoms with Crippen LogP contribution >= 0.6 is 23.2 Å². The summed E-state index contributed by atoms with van der Waals surface area (Å²) < 4.78 is 27.3. The zero-order valence-electron chi connectivity index (χ0n) is 19.4. The van der Waals surface area contributed by atoms with E-state index in [9.17, 15) is 18.0 Å². The van der Waals surface area contributed by atoms with Crippen LogP contribution in [-0.4, -0.2) is 68.7 Å². The number of halogens is 2. The topological polar surface area (TPSA) is 116 Å². The smallest absolute Gasteiger partial charge is 0.239 e. The highest BCUT2D eigenvalue weighted by Crippen LogP contribution is 2.12. The third kappa shape index (κ3) is 9.77. The molecule has 0 heterocycles. The molecule has 0 saturated heterocycles. The monoisotopic (exact) mass is 542 g/mol. The average molecular weight is 544 g/mol. The Morgan fingerprint density at radius 3 is 1.40 bits per heavy atom. The molecule has 2 aromatic carbocycles. The maximum Gasteiger partial charge on any atom is 0.239 e. The minimum absolute atomic E-state index is 0.112. The van der Waals surface area contributed by atoms with E-state index in [1.54, 1.807) is 0 Å². The number of hydrogen-bond acceptors (Lipinski definition) is 6. The molecular formula is C24H32Cl2N4O4S. The third-order valence-corrected chi connectivity index (χ3v) is 7.89. The van der Waals surface area contributed by atoms with Crippen LogP contribution in [0.2, 0.25) is 0 Å². The Labute approximate surface area is 217 Å². The van der Waals surface area contributed by atoms with E-state index >= 15 is 0 Å². The molecule has 11 heteroatoms. The van der Waals surface area contributed by atoms with Gasteiger partial charge in [-0.3, -0.25) is 9.59 Å². The van der Waals surface area contributed by atoms with Crippen molar-refractivity contribution in [2.45, 2.75) is 23.6 Å². The third-order valence-electron chi connectivity index (χ3n) is 5.17. The van der Waals surface area contributed by atoms with E-state index in [4.69, 9.17) is 23.2 Å².